The minimum Gasteiger partial charge on any atom is -0.465 e. The second-order valence-electron chi connectivity index (χ2n) is 2.86. The number of hydrogen-bond acceptors (Lipinski definition) is 4. The molecule has 0 unspecified atom stereocenters. The van der Waals surface area contributed by atoms with E-state index in [0.717, 1.165) is 17.1 Å². The first-order chi connectivity index (χ1) is 6.74. The predicted molar refractivity (Wildman–Crippen MR) is 53.8 cm³/mol. The molecule has 0 aliphatic carbocycles. The fraction of sp³-hybridized carbons (Fsp3) is 0.333. The zero-order chi connectivity index (χ0) is 10.1. The Morgan fingerprint density at radius 3 is 3.00 bits per heavy atom. The predicted octanol–water partition coefficient (Wildman–Crippen LogP) is 1.74. The van der Waals surface area contributed by atoms with Crippen LogP contribution in [0.25, 0.3) is 4.96 Å². The number of carbonyl (C=O) groups is 1. The Morgan fingerprint density at radius 1 is 1.64 bits per heavy atom. The largest absolute Gasteiger partial charge is 0.465 e. The number of rotatable bonds is 2. The quantitative estimate of drug-likeness (QED) is 0.709. The maximum atomic E-state index is 11.2. The summed E-state index contributed by atoms with van der Waals surface area (Å²) in [7, 11) is 1.38. The molecule has 0 aromatic carbocycles. The lowest BCUT2D eigenvalue weighted by atomic mass is 10.4. The third-order valence-corrected chi connectivity index (χ3v) is 2.93. The maximum absolute atomic E-state index is 11.2. The molecule has 0 spiro atoms. The average Bonchev–Trinajstić information content (AvgIpc) is 2.72. The summed E-state index contributed by atoms with van der Waals surface area (Å²) in [6, 6.07) is 0. The van der Waals surface area contributed by atoms with Crippen LogP contribution >= 0.6 is 11.3 Å². The van der Waals surface area contributed by atoms with Crippen LogP contribution in [0.2, 0.25) is 0 Å². The van der Waals surface area contributed by atoms with Gasteiger partial charge in [0, 0.05) is 12.4 Å². The van der Waals surface area contributed by atoms with E-state index in [0.29, 0.717) is 4.88 Å². The van der Waals surface area contributed by atoms with Crippen molar-refractivity contribution >= 4 is 22.3 Å². The molecule has 0 aliphatic rings. The van der Waals surface area contributed by atoms with Gasteiger partial charge in [-0.2, -0.15) is 0 Å². The van der Waals surface area contributed by atoms with Gasteiger partial charge in [-0.05, 0) is 6.42 Å². The van der Waals surface area contributed by atoms with Gasteiger partial charge >= 0.3 is 5.97 Å². The van der Waals surface area contributed by atoms with Crippen LogP contribution in [0.4, 0.5) is 0 Å². The molecule has 2 heterocycles. The number of fused-ring (bicyclic) bond motifs is 1. The molecule has 0 radical (unpaired) electrons. The van der Waals surface area contributed by atoms with Gasteiger partial charge in [-0.25, -0.2) is 9.78 Å². The molecule has 14 heavy (non-hydrogen) atoms. The van der Waals surface area contributed by atoms with Crippen molar-refractivity contribution in [3.63, 3.8) is 0 Å². The second-order valence-corrected chi connectivity index (χ2v) is 3.87. The van der Waals surface area contributed by atoms with Crippen LogP contribution in [0.5, 0.6) is 0 Å². The van der Waals surface area contributed by atoms with Gasteiger partial charge in [-0.15, -0.1) is 0 Å². The standard InChI is InChI=1S/C9H10N2O2S/c1-3-6-4-11-5-7(8(12)13-2)14-9(11)10-6/h4-5H,3H2,1-2H3. The Hall–Kier alpha value is -1.36. The van der Waals surface area contributed by atoms with Crippen molar-refractivity contribution in [1.29, 1.82) is 0 Å². The van der Waals surface area contributed by atoms with E-state index in [9.17, 15) is 4.79 Å². The molecule has 0 fully saturated rings. The van der Waals surface area contributed by atoms with Crippen molar-refractivity contribution in [3.05, 3.63) is 23.0 Å². The Kier molecular flexibility index (Phi) is 2.25. The molecule has 2 aromatic rings. The molecule has 0 bridgehead atoms. The van der Waals surface area contributed by atoms with Crippen LogP contribution in [-0.2, 0) is 11.2 Å². The van der Waals surface area contributed by atoms with Gasteiger partial charge in [0.05, 0.1) is 12.8 Å². The lowest BCUT2D eigenvalue weighted by Crippen LogP contribution is -1.97. The number of esters is 1. The highest BCUT2D eigenvalue weighted by molar-refractivity contribution is 7.18. The van der Waals surface area contributed by atoms with Gasteiger partial charge in [0.1, 0.15) is 4.88 Å². The summed E-state index contributed by atoms with van der Waals surface area (Å²) >= 11 is 1.34. The second kappa shape index (κ2) is 3.42. The molecule has 0 aliphatic heterocycles. The highest BCUT2D eigenvalue weighted by Crippen LogP contribution is 2.18. The van der Waals surface area contributed by atoms with E-state index < -0.39 is 0 Å². The van der Waals surface area contributed by atoms with Gasteiger partial charge in [0.2, 0.25) is 0 Å². The zero-order valence-corrected chi connectivity index (χ0v) is 8.80. The fourth-order valence-corrected chi connectivity index (χ4v) is 2.11. The number of carbonyl (C=O) groups excluding carboxylic acids is 1. The van der Waals surface area contributed by atoms with Crippen LogP contribution in [-0.4, -0.2) is 22.5 Å². The van der Waals surface area contributed by atoms with E-state index >= 15 is 0 Å². The van der Waals surface area contributed by atoms with Crippen LogP contribution in [0, 0.1) is 0 Å². The summed E-state index contributed by atoms with van der Waals surface area (Å²) in [6.45, 7) is 2.05. The molecule has 0 saturated heterocycles. The Bertz CT molecular complexity index is 441. The normalized spacial score (nSPS) is 10.7. The molecule has 5 heteroatoms. The summed E-state index contributed by atoms with van der Waals surface area (Å²) in [5.41, 5.74) is 1.03. The minimum absolute atomic E-state index is 0.307. The number of nitrogens with zero attached hydrogens (tertiary/aromatic N) is 2. The van der Waals surface area contributed by atoms with E-state index in [-0.39, 0.29) is 5.97 Å². The lowest BCUT2D eigenvalue weighted by molar-refractivity contribution is 0.0606. The summed E-state index contributed by atoms with van der Waals surface area (Å²) in [5, 5.41) is 0. The fourth-order valence-electron chi connectivity index (χ4n) is 1.21. The Labute approximate surface area is 85.1 Å². The molecule has 0 amide bonds. The molecular weight excluding hydrogens is 200 g/mol. The van der Waals surface area contributed by atoms with E-state index in [1.165, 1.54) is 18.4 Å². The molecule has 74 valence electrons. The lowest BCUT2D eigenvalue weighted by Gasteiger charge is -1.90. The third-order valence-electron chi connectivity index (χ3n) is 1.95. The molecule has 4 nitrogen and oxygen atoms in total. The van der Waals surface area contributed by atoms with Crippen LogP contribution in [0.15, 0.2) is 12.4 Å². The number of aryl methyl sites for hydroxylation is 1. The van der Waals surface area contributed by atoms with Crippen LogP contribution < -0.4 is 0 Å². The molecule has 0 saturated carbocycles. The molecule has 2 aromatic heterocycles. The Balaban J connectivity index is 2.44. The number of imidazole rings is 1. The maximum Gasteiger partial charge on any atom is 0.349 e. The first-order valence-electron chi connectivity index (χ1n) is 4.30. The smallest absolute Gasteiger partial charge is 0.349 e. The van der Waals surface area contributed by atoms with Gasteiger partial charge in [0.15, 0.2) is 4.96 Å². The van der Waals surface area contributed by atoms with Crippen LogP contribution in [0.1, 0.15) is 22.3 Å². The van der Waals surface area contributed by atoms with Crippen molar-refractivity contribution in [3.8, 4) is 0 Å². The number of methoxy groups -OCH3 is 1. The summed E-state index contributed by atoms with van der Waals surface area (Å²) in [5.74, 6) is -0.307. The summed E-state index contributed by atoms with van der Waals surface area (Å²) in [4.78, 5) is 16.9. The minimum atomic E-state index is -0.307. The Morgan fingerprint density at radius 2 is 2.43 bits per heavy atom. The molecule has 0 N–H and O–H groups in total. The highest BCUT2D eigenvalue weighted by Gasteiger charge is 2.11. The van der Waals surface area contributed by atoms with Crippen molar-refractivity contribution in [2.24, 2.45) is 0 Å². The molecular formula is C9H10N2O2S. The van der Waals surface area contributed by atoms with E-state index in [1.807, 2.05) is 17.5 Å². The number of hydrogen-bond donors (Lipinski definition) is 0. The van der Waals surface area contributed by atoms with Gasteiger partial charge in [-0.1, -0.05) is 18.3 Å². The zero-order valence-electron chi connectivity index (χ0n) is 7.98. The summed E-state index contributed by atoms with van der Waals surface area (Å²) < 4.78 is 6.48. The van der Waals surface area contributed by atoms with E-state index in [1.54, 1.807) is 6.20 Å². The SMILES string of the molecule is CCc1cn2cc(C(=O)OC)sc2n1. The van der Waals surface area contributed by atoms with E-state index in [2.05, 4.69) is 9.72 Å². The van der Waals surface area contributed by atoms with Crippen molar-refractivity contribution in [2.45, 2.75) is 13.3 Å². The number of aromatic nitrogens is 2. The third kappa shape index (κ3) is 1.39. The molecule has 0 atom stereocenters. The highest BCUT2D eigenvalue weighted by atomic mass is 32.1. The monoisotopic (exact) mass is 210 g/mol. The van der Waals surface area contributed by atoms with E-state index in [4.69, 9.17) is 0 Å². The average molecular weight is 210 g/mol. The van der Waals surface area contributed by atoms with Gasteiger partial charge < -0.3 is 4.74 Å². The van der Waals surface area contributed by atoms with Crippen molar-refractivity contribution in [2.75, 3.05) is 7.11 Å². The number of ether oxygens (including phenoxy) is 1. The summed E-state index contributed by atoms with van der Waals surface area (Å²) in [6.07, 6.45) is 4.58. The van der Waals surface area contributed by atoms with Crippen molar-refractivity contribution in [1.82, 2.24) is 9.38 Å². The molecule has 2 rings (SSSR count). The first-order valence-corrected chi connectivity index (χ1v) is 5.12. The van der Waals surface area contributed by atoms with Gasteiger partial charge in [0.25, 0.3) is 0 Å². The van der Waals surface area contributed by atoms with Gasteiger partial charge in [-0.3, -0.25) is 4.40 Å². The number of thiazole rings is 1. The van der Waals surface area contributed by atoms with Crippen molar-refractivity contribution < 1.29 is 9.53 Å². The topological polar surface area (TPSA) is 43.6 Å². The first kappa shape index (κ1) is 9.21. The van der Waals surface area contributed by atoms with Crippen LogP contribution in [0.3, 0.4) is 0 Å².